The molecule has 1 N–H and O–H groups in total. The number of imidazole rings is 1. The van der Waals surface area contributed by atoms with Crippen LogP contribution < -0.4 is 5.32 Å². The normalized spacial score (nSPS) is 10.3. The highest BCUT2D eigenvalue weighted by atomic mass is 16.6. The van der Waals surface area contributed by atoms with Gasteiger partial charge >= 0.3 is 0 Å². The maximum Gasteiger partial charge on any atom is 0.292 e. The highest BCUT2D eigenvalue weighted by Gasteiger charge is 2.14. The minimum absolute atomic E-state index is 0.0669. The van der Waals surface area contributed by atoms with Crippen LogP contribution in [0.1, 0.15) is 11.3 Å². The number of rotatable bonds is 4. The number of aromatic nitrogens is 2. The number of benzene rings is 1. The van der Waals surface area contributed by atoms with Crippen LogP contribution in [0.3, 0.4) is 0 Å². The van der Waals surface area contributed by atoms with Crippen LogP contribution >= 0.6 is 0 Å². The Balaban J connectivity index is 1.86. The summed E-state index contributed by atoms with van der Waals surface area (Å²) in [4.78, 5) is 15.0. The first-order valence-electron chi connectivity index (χ1n) is 6.52. The number of nitriles is 1. The lowest BCUT2D eigenvalue weighted by Crippen LogP contribution is -2.03. The third kappa shape index (κ3) is 2.58. The van der Waals surface area contributed by atoms with E-state index in [9.17, 15) is 10.1 Å². The molecular formula is C15H11N5O2. The first-order valence-corrected chi connectivity index (χ1v) is 6.52. The molecule has 3 aromatic rings. The average Bonchev–Trinajstić information content (AvgIpc) is 2.95. The summed E-state index contributed by atoms with van der Waals surface area (Å²) in [5.74, 6) is 0. The lowest BCUT2D eigenvalue weighted by atomic mass is 10.2. The quantitative estimate of drug-likeness (QED) is 0.589. The smallest absolute Gasteiger partial charge is 0.292 e. The number of nitro benzene ring substituents is 1. The molecule has 0 saturated carbocycles. The lowest BCUT2D eigenvalue weighted by Gasteiger charge is -2.05. The van der Waals surface area contributed by atoms with Crippen LogP contribution in [-0.4, -0.2) is 14.3 Å². The van der Waals surface area contributed by atoms with E-state index in [1.807, 2.05) is 41.1 Å². The van der Waals surface area contributed by atoms with Crippen molar-refractivity contribution in [2.24, 2.45) is 0 Å². The Morgan fingerprint density at radius 2 is 2.23 bits per heavy atom. The summed E-state index contributed by atoms with van der Waals surface area (Å²) in [7, 11) is 0. The molecule has 7 heteroatoms. The van der Waals surface area contributed by atoms with Gasteiger partial charge in [0.15, 0.2) is 0 Å². The van der Waals surface area contributed by atoms with Crippen molar-refractivity contribution in [3.63, 3.8) is 0 Å². The summed E-state index contributed by atoms with van der Waals surface area (Å²) in [5.41, 5.74) is 2.16. The Hall–Kier alpha value is -3.40. The zero-order valence-electron chi connectivity index (χ0n) is 11.4. The van der Waals surface area contributed by atoms with Crippen molar-refractivity contribution in [1.82, 2.24) is 9.38 Å². The second-order valence-corrected chi connectivity index (χ2v) is 4.65. The van der Waals surface area contributed by atoms with E-state index in [1.165, 1.54) is 18.2 Å². The first-order chi connectivity index (χ1) is 10.7. The molecule has 0 unspecified atom stereocenters. The molecule has 0 amide bonds. The third-order valence-corrected chi connectivity index (χ3v) is 3.20. The zero-order valence-corrected chi connectivity index (χ0v) is 11.4. The van der Waals surface area contributed by atoms with Gasteiger partial charge in [-0.1, -0.05) is 6.07 Å². The number of hydrogen-bond acceptors (Lipinski definition) is 5. The van der Waals surface area contributed by atoms with Gasteiger partial charge in [0, 0.05) is 18.5 Å². The molecular weight excluding hydrogens is 282 g/mol. The van der Waals surface area contributed by atoms with Gasteiger partial charge in [0.2, 0.25) is 0 Å². The van der Waals surface area contributed by atoms with Gasteiger partial charge in [-0.3, -0.25) is 10.1 Å². The largest absolute Gasteiger partial charge is 0.374 e. The molecule has 0 radical (unpaired) electrons. The van der Waals surface area contributed by atoms with Crippen LogP contribution in [0.2, 0.25) is 0 Å². The van der Waals surface area contributed by atoms with Gasteiger partial charge < -0.3 is 9.72 Å². The molecule has 2 aromatic heterocycles. The second kappa shape index (κ2) is 5.54. The van der Waals surface area contributed by atoms with Crippen molar-refractivity contribution >= 4 is 17.0 Å². The van der Waals surface area contributed by atoms with Crippen molar-refractivity contribution in [3.8, 4) is 6.07 Å². The molecule has 3 rings (SSSR count). The fourth-order valence-corrected chi connectivity index (χ4v) is 2.16. The van der Waals surface area contributed by atoms with Crippen LogP contribution in [0.4, 0.5) is 11.4 Å². The molecule has 108 valence electrons. The molecule has 0 aliphatic carbocycles. The van der Waals surface area contributed by atoms with E-state index >= 15 is 0 Å². The summed E-state index contributed by atoms with van der Waals surface area (Å²) in [5, 5.41) is 22.9. The standard InChI is InChI=1S/C15H11N5O2/c16-8-11-4-5-14(20(21)22)13(7-11)17-9-12-10-19-6-2-1-3-15(19)18-12/h1-7,10,17H,9H2. The summed E-state index contributed by atoms with van der Waals surface area (Å²) >= 11 is 0. The lowest BCUT2D eigenvalue weighted by molar-refractivity contribution is -0.384. The maximum atomic E-state index is 11.0. The second-order valence-electron chi connectivity index (χ2n) is 4.65. The van der Waals surface area contributed by atoms with Crippen molar-refractivity contribution in [2.75, 3.05) is 5.32 Å². The Morgan fingerprint density at radius 3 is 2.95 bits per heavy atom. The molecule has 0 aliphatic heterocycles. The van der Waals surface area contributed by atoms with E-state index in [2.05, 4.69) is 10.3 Å². The van der Waals surface area contributed by atoms with Crippen LogP contribution in [0.25, 0.3) is 5.65 Å². The molecule has 2 heterocycles. The van der Waals surface area contributed by atoms with Crippen LogP contribution in [0, 0.1) is 21.4 Å². The van der Waals surface area contributed by atoms with E-state index < -0.39 is 4.92 Å². The molecule has 7 nitrogen and oxygen atoms in total. The summed E-state index contributed by atoms with van der Waals surface area (Å²) < 4.78 is 1.87. The van der Waals surface area contributed by atoms with Crippen molar-refractivity contribution in [2.45, 2.75) is 6.54 Å². The van der Waals surface area contributed by atoms with Gasteiger partial charge in [0.05, 0.1) is 28.8 Å². The van der Waals surface area contributed by atoms with Crippen molar-refractivity contribution in [1.29, 1.82) is 5.26 Å². The van der Waals surface area contributed by atoms with Gasteiger partial charge in [0.1, 0.15) is 11.3 Å². The highest BCUT2D eigenvalue weighted by molar-refractivity contribution is 5.64. The van der Waals surface area contributed by atoms with Gasteiger partial charge in [-0.2, -0.15) is 5.26 Å². The fraction of sp³-hybridized carbons (Fsp3) is 0.0667. The summed E-state index contributed by atoms with van der Waals surface area (Å²) in [6.45, 7) is 0.331. The molecule has 0 bridgehead atoms. The van der Waals surface area contributed by atoms with Gasteiger partial charge in [-0.05, 0) is 24.3 Å². The minimum Gasteiger partial charge on any atom is -0.374 e. The predicted octanol–water partition coefficient (Wildman–Crippen LogP) is 2.73. The molecule has 0 spiro atoms. The topological polar surface area (TPSA) is 96.3 Å². The SMILES string of the molecule is N#Cc1ccc([N+](=O)[O-])c(NCc2cn3ccccc3n2)c1. The van der Waals surface area contributed by atoms with Crippen molar-refractivity contribution < 1.29 is 4.92 Å². The van der Waals surface area contributed by atoms with E-state index in [0.29, 0.717) is 17.8 Å². The number of nitro groups is 1. The third-order valence-electron chi connectivity index (χ3n) is 3.20. The summed E-state index contributed by atoms with van der Waals surface area (Å²) in [6.07, 6.45) is 3.73. The highest BCUT2D eigenvalue weighted by Crippen LogP contribution is 2.25. The number of nitrogens with zero attached hydrogens (tertiary/aromatic N) is 4. The number of anilines is 1. The Kier molecular flexibility index (Phi) is 3.42. The van der Waals surface area contributed by atoms with Crippen molar-refractivity contribution in [3.05, 3.63) is 70.2 Å². The maximum absolute atomic E-state index is 11.0. The van der Waals surface area contributed by atoms with Crippen LogP contribution in [-0.2, 0) is 6.54 Å². The van der Waals surface area contributed by atoms with Gasteiger partial charge in [0.25, 0.3) is 5.69 Å². The zero-order chi connectivity index (χ0) is 15.5. The van der Waals surface area contributed by atoms with Gasteiger partial charge in [-0.15, -0.1) is 0 Å². The monoisotopic (exact) mass is 293 g/mol. The van der Waals surface area contributed by atoms with Crippen LogP contribution in [0.5, 0.6) is 0 Å². The van der Waals surface area contributed by atoms with E-state index in [1.54, 1.807) is 0 Å². The minimum atomic E-state index is -0.479. The first kappa shape index (κ1) is 13.6. The molecule has 0 aliphatic rings. The average molecular weight is 293 g/mol. The van der Waals surface area contributed by atoms with Crippen LogP contribution in [0.15, 0.2) is 48.8 Å². The Labute approximate surface area is 125 Å². The molecule has 0 saturated heterocycles. The molecule has 0 fully saturated rings. The summed E-state index contributed by atoms with van der Waals surface area (Å²) in [6, 6.07) is 11.8. The Morgan fingerprint density at radius 1 is 1.36 bits per heavy atom. The number of nitrogens with one attached hydrogen (secondary N) is 1. The fourth-order valence-electron chi connectivity index (χ4n) is 2.16. The van der Waals surface area contributed by atoms with E-state index in [4.69, 9.17) is 5.26 Å². The number of pyridine rings is 1. The number of fused-ring (bicyclic) bond motifs is 1. The molecule has 22 heavy (non-hydrogen) atoms. The Bertz CT molecular complexity index is 861. The van der Waals surface area contributed by atoms with Gasteiger partial charge in [-0.25, -0.2) is 4.98 Å². The molecule has 0 atom stereocenters. The predicted molar refractivity (Wildman–Crippen MR) is 80.3 cm³/mol. The van der Waals surface area contributed by atoms with E-state index in [0.717, 1.165) is 11.3 Å². The van der Waals surface area contributed by atoms with E-state index in [-0.39, 0.29) is 5.69 Å². The molecule has 1 aromatic carbocycles. The number of hydrogen-bond donors (Lipinski definition) is 1.